The summed E-state index contributed by atoms with van der Waals surface area (Å²) in [6.07, 6.45) is 4.01. The van der Waals surface area contributed by atoms with E-state index in [4.69, 9.17) is 16.3 Å². The van der Waals surface area contributed by atoms with Gasteiger partial charge in [-0.15, -0.1) is 0 Å². The van der Waals surface area contributed by atoms with Crippen molar-refractivity contribution in [1.29, 1.82) is 0 Å². The number of rotatable bonds is 5. The minimum absolute atomic E-state index is 0.224. The van der Waals surface area contributed by atoms with Gasteiger partial charge in [0.15, 0.2) is 5.82 Å². The van der Waals surface area contributed by atoms with E-state index in [-0.39, 0.29) is 6.10 Å². The van der Waals surface area contributed by atoms with E-state index < -0.39 is 0 Å². The fraction of sp³-hybridized carbons (Fsp3) is 0.714. The minimum atomic E-state index is 0.224. The molecule has 0 saturated carbocycles. The van der Waals surface area contributed by atoms with Crippen LogP contribution in [0.2, 0.25) is 5.02 Å². The molecule has 1 aliphatic rings. The van der Waals surface area contributed by atoms with Gasteiger partial charge in [-0.05, 0) is 18.8 Å². The summed E-state index contributed by atoms with van der Waals surface area (Å²) in [5, 5.41) is 3.79. The second kappa shape index (κ2) is 7.09. The van der Waals surface area contributed by atoms with Crippen LogP contribution in [0.1, 0.15) is 26.7 Å². The molecule has 0 radical (unpaired) electrons. The second-order valence-electron chi connectivity index (χ2n) is 5.28. The summed E-state index contributed by atoms with van der Waals surface area (Å²) in [7, 11) is 1.76. The number of piperidine rings is 1. The Labute approximate surface area is 125 Å². The van der Waals surface area contributed by atoms with Crippen molar-refractivity contribution in [1.82, 2.24) is 9.97 Å². The van der Waals surface area contributed by atoms with Crippen molar-refractivity contribution in [3.8, 4) is 0 Å². The van der Waals surface area contributed by atoms with E-state index in [9.17, 15) is 0 Å². The van der Waals surface area contributed by atoms with Gasteiger partial charge in [-0.3, -0.25) is 0 Å². The van der Waals surface area contributed by atoms with E-state index >= 15 is 0 Å². The molecule has 1 aliphatic heterocycles. The molecule has 20 heavy (non-hydrogen) atoms. The van der Waals surface area contributed by atoms with Crippen molar-refractivity contribution in [2.45, 2.75) is 32.8 Å². The van der Waals surface area contributed by atoms with Gasteiger partial charge >= 0.3 is 0 Å². The first-order chi connectivity index (χ1) is 9.65. The van der Waals surface area contributed by atoms with E-state index in [0.29, 0.717) is 16.9 Å². The van der Waals surface area contributed by atoms with E-state index in [2.05, 4.69) is 34.0 Å². The highest BCUT2D eigenvalue weighted by Gasteiger charge is 2.28. The number of nitrogens with one attached hydrogen (secondary N) is 1. The van der Waals surface area contributed by atoms with Gasteiger partial charge in [0, 0.05) is 26.7 Å². The molecule has 1 N–H and O–H groups in total. The number of methoxy groups -OCH3 is 1. The molecule has 0 amide bonds. The molecule has 1 aromatic rings. The lowest BCUT2D eigenvalue weighted by molar-refractivity contribution is 0.0496. The normalized spacial score (nSPS) is 22.9. The van der Waals surface area contributed by atoms with Gasteiger partial charge in [0.05, 0.1) is 12.3 Å². The zero-order chi connectivity index (χ0) is 14.5. The quantitative estimate of drug-likeness (QED) is 0.906. The maximum absolute atomic E-state index is 6.26. The Hall–Kier alpha value is -1.07. The lowest BCUT2D eigenvalue weighted by Crippen LogP contribution is -2.44. The maximum atomic E-state index is 6.26. The average molecular weight is 299 g/mol. The summed E-state index contributed by atoms with van der Waals surface area (Å²) >= 11 is 6.26. The number of hydrogen-bond donors (Lipinski definition) is 1. The number of nitrogens with zero attached hydrogens (tertiary/aromatic N) is 3. The van der Waals surface area contributed by atoms with E-state index in [1.807, 2.05) is 0 Å². The molecule has 1 saturated heterocycles. The van der Waals surface area contributed by atoms with Crippen LogP contribution in [0.5, 0.6) is 0 Å². The zero-order valence-corrected chi connectivity index (χ0v) is 13.2. The number of anilines is 2. The molecule has 6 heteroatoms. The molecule has 2 heterocycles. The largest absolute Gasteiger partial charge is 0.379 e. The van der Waals surface area contributed by atoms with Gasteiger partial charge in [0.2, 0.25) is 5.95 Å². The molecule has 0 aliphatic carbocycles. The highest BCUT2D eigenvalue weighted by Crippen LogP contribution is 2.29. The smallest absolute Gasteiger partial charge is 0.224 e. The van der Waals surface area contributed by atoms with Crippen LogP contribution in [0, 0.1) is 5.92 Å². The van der Waals surface area contributed by atoms with Crippen LogP contribution in [0.25, 0.3) is 0 Å². The molecule has 112 valence electrons. The molecule has 0 bridgehead atoms. The summed E-state index contributed by atoms with van der Waals surface area (Å²) in [6, 6.07) is 0. The third-order valence-electron chi connectivity index (χ3n) is 3.75. The van der Waals surface area contributed by atoms with Crippen LogP contribution >= 0.6 is 11.6 Å². The number of halogens is 1. The summed E-state index contributed by atoms with van der Waals surface area (Å²) < 4.78 is 5.55. The summed E-state index contributed by atoms with van der Waals surface area (Å²) in [5.41, 5.74) is 0. The summed E-state index contributed by atoms with van der Waals surface area (Å²) in [5.74, 6) is 2.00. The highest BCUT2D eigenvalue weighted by molar-refractivity contribution is 6.32. The van der Waals surface area contributed by atoms with Gasteiger partial charge in [-0.1, -0.05) is 25.4 Å². The van der Waals surface area contributed by atoms with Crippen LogP contribution in [0.15, 0.2) is 6.20 Å². The predicted molar refractivity (Wildman–Crippen MR) is 82.6 cm³/mol. The summed E-state index contributed by atoms with van der Waals surface area (Å²) in [4.78, 5) is 10.9. The monoisotopic (exact) mass is 298 g/mol. The topological polar surface area (TPSA) is 50.3 Å². The molecular weight excluding hydrogens is 276 g/mol. The van der Waals surface area contributed by atoms with Gasteiger partial charge in [0.1, 0.15) is 5.02 Å². The Morgan fingerprint density at radius 1 is 1.55 bits per heavy atom. The number of aromatic nitrogens is 2. The molecular formula is C14H23ClN4O. The lowest BCUT2D eigenvalue weighted by atomic mass is 9.96. The molecule has 0 aromatic carbocycles. The second-order valence-corrected chi connectivity index (χ2v) is 5.69. The third kappa shape index (κ3) is 3.52. The molecule has 0 spiro atoms. The minimum Gasteiger partial charge on any atom is -0.379 e. The predicted octanol–water partition coefficient (Wildman–Crippen LogP) is 2.81. The van der Waals surface area contributed by atoms with Crippen LogP contribution < -0.4 is 10.2 Å². The highest BCUT2D eigenvalue weighted by atomic mass is 35.5. The molecule has 2 atom stereocenters. The summed E-state index contributed by atoms with van der Waals surface area (Å²) in [6.45, 7) is 6.96. The zero-order valence-electron chi connectivity index (χ0n) is 12.4. The third-order valence-corrected chi connectivity index (χ3v) is 4.02. The molecule has 2 unspecified atom stereocenters. The fourth-order valence-corrected chi connectivity index (χ4v) is 2.65. The van der Waals surface area contributed by atoms with E-state index in [1.54, 1.807) is 13.3 Å². The Kier molecular flexibility index (Phi) is 5.43. The van der Waals surface area contributed by atoms with Crippen LogP contribution in [-0.2, 0) is 4.74 Å². The molecule has 2 rings (SSSR count). The molecule has 5 nitrogen and oxygen atoms in total. The van der Waals surface area contributed by atoms with Crippen molar-refractivity contribution in [2.24, 2.45) is 5.92 Å². The van der Waals surface area contributed by atoms with Crippen molar-refractivity contribution in [3.63, 3.8) is 0 Å². The van der Waals surface area contributed by atoms with Gasteiger partial charge in [-0.2, -0.15) is 4.98 Å². The van der Waals surface area contributed by atoms with E-state index in [1.165, 1.54) is 0 Å². The van der Waals surface area contributed by atoms with Crippen molar-refractivity contribution in [2.75, 3.05) is 37.0 Å². The van der Waals surface area contributed by atoms with Crippen molar-refractivity contribution >= 4 is 23.4 Å². The van der Waals surface area contributed by atoms with Gasteiger partial charge in [-0.25, -0.2) is 4.98 Å². The maximum Gasteiger partial charge on any atom is 0.224 e. The Balaban J connectivity index is 2.14. The number of hydrogen-bond acceptors (Lipinski definition) is 5. The first-order valence-corrected chi connectivity index (χ1v) is 7.57. The van der Waals surface area contributed by atoms with Crippen LogP contribution in [0.3, 0.4) is 0 Å². The Bertz CT molecular complexity index is 443. The van der Waals surface area contributed by atoms with Crippen LogP contribution in [-0.4, -0.2) is 42.8 Å². The van der Waals surface area contributed by atoms with Crippen molar-refractivity contribution in [3.05, 3.63) is 11.2 Å². The van der Waals surface area contributed by atoms with Gasteiger partial charge in [0.25, 0.3) is 0 Å². The van der Waals surface area contributed by atoms with Gasteiger partial charge < -0.3 is 15.0 Å². The van der Waals surface area contributed by atoms with Crippen LogP contribution in [0.4, 0.5) is 11.8 Å². The van der Waals surface area contributed by atoms with E-state index in [0.717, 1.165) is 38.3 Å². The van der Waals surface area contributed by atoms with Crippen molar-refractivity contribution < 1.29 is 4.74 Å². The number of ether oxygens (including phenoxy) is 1. The first kappa shape index (κ1) is 15.3. The molecule has 1 aromatic heterocycles. The average Bonchev–Trinajstić information content (AvgIpc) is 2.47. The standard InChI is InChI=1S/C14H23ClN4O/c1-4-6-16-14-17-8-11(15)13(18-14)19-7-5-10(2)12(9-19)20-3/h8,10,12H,4-7,9H2,1-3H3,(H,16,17,18). The molecule has 1 fully saturated rings. The lowest BCUT2D eigenvalue weighted by Gasteiger charge is -2.37. The Morgan fingerprint density at radius 3 is 3.05 bits per heavy atom. The fourth-order valence-electron chi connectivity index (χ4n) is 2.43. The Morgan fingerprint density at radius 2 is 2.35 bits per heavy atom. The SMILES string of the molecule is CCCNc1ncc(Cl)c(N2CCC(C)C(OC)C2)n1. The first-order valence-electron chi connectivity index (χ1n) is 7.19.